The molecular formula is C12H21F3O4SSi. The Morgan fingerprint density at radius 1 is 1.19 bits per heavy atom. The summed E-state index contributed by atoms with van der Waals surface area (Å²) in [6.07, 6.45) is -7.01. The normalized spacial score (nSPS) is 15.3. The number of halogens is 3. The van der Waals surface area contributed by atoms with Crippen molar-refractivity contribution in [1.29, 1.82) is 0 Å². The molecule has 0 saturated heterocycles. The van der Waals surface area contributed by atoms with Crippen molar-refractivity contribution in [1.82, 2.24) is 0 Å². The fourth-order valence-corrected chi connectivity index (χ4v) is 2.28. The summed E-state index contributed by atoms with van der Waals surface area (Å²) in [6.45, 7) is 9.62. The largest absolute Gasteiger partial charge is 0.427 e. The van der Waals surface area contributed by atoms with E-state index in [2.05, 4.69) is 10.1 Å². The Morgan fingerprint density at radius 2 is 1.67 bits per heavy atom. The van der Waals surface area contributed by atoms with Crippen molar-refractivity contribution in [2.75, 3.05) is 12.9 Å². The fourth-order valence-electron chi connectivity index (χ4n) is 0.903. The molecule has 4 nitrogen and oxygen atoms in total. The summed E-state index contributed by atoms with van der Waals surface area (Å²) in [5, 5.41) is -0.0959. The van der Waals surface area contributed by atoms with Crippen molar-refractivity contribution in [3.05, 3.63) is 0 Å². The van der Waals surface area contributed by atoms with E-state index in [0.29, 0.717) is 6.26 Å². The van der Waals surface area contributed by atoms with Crippen LogP contribution in [0.5, 0.6) is 0 Å². The van der Waals surface area contributed by atoms with Crippen molar-refractivity contribution in [2.24, 2.45) is 0 Å². The molecule has 0 fully saturated rings. The van der Waals surface area contributed by atoms with Gasteiger partial charge in [0.1, 0.15) is 0 Å². The zero-order valence-electron chi connectivity index (χ0n) is 13.0. The average molecular weight is 346 g/mol. The maximum absolute atomic E-state index is 12.6. The second kappa shape index (κ2) is 6.69. The molecule has 0 aliphatic heterocycles. The van der Waals surface area contributed by atoms with Crippen molar-refractivity contribution in [3.63, 3.8) is 0 Å². The summed E-state index contributed by atoms with van der Waals surface area (Å²) in [4.78, 5) is 0. The Labute approximate surface area is 125 Å². The molecule has 0 spiro atoms. The van der Waals surface area contributed by atoms with Gasteiger partial charge >= 0.3 is 6.18 Å². The van der Waals surface area contributed by atoms with Gasteiger partial charge in [-0.25, -0.2) is 4.18 Å². The zero-order valence-corrected chi connectivity index (χ0v) is 14.8. The lowest BCUT2D eigenvalue weighted by atomic mass is 10.2. The highest BCUT2D eigenvalue weighted by atomic mass is 32.2. The van der Waals surface area contributed by atoms with Gasteiger partial charge in [-0.1, -0.05) is 32.6 Å². The number of hydrogen-bond acceptors (Lipinski definition) is 4. The first-order valence-corrected chi connectivity index (χ1v) is 10.9. The molecule has 0 radical (unpaired) electrons. The molecule has 0 rings (SSSR count). The lowest BCUT2D eigenvalue weighted by Gasteiger charge is -2.35. The van der Waals surface area contributed by atoms with E-state index in [1.54, 1.807) is 5.92 Å². The minimum atomic E-state index is -4.88. The highest BCUT2D eigenvalue weighted by Gasteiger charge is 2.42. The van der Waals surface area contributed by atoms with Gasteiger partial charge in [-0.05, 0) is 18.1 Å². The Hall–Kier alpha value is -0.563. The van der Waals surface area contributed by atoms with E-state index in [-0.39, 0.29) is 11.6 Å². The molecule has 1 atom stereocenters. The first-order valence-electron chi connectivity index (χ1n) is 6.13. The van der Waals surface area contributed by atoms with Gasteiger partial charge in [0.2, 0.25) is 6.10 Å². The topological polar surface area (TPSA) is 52.6 Å². The van der Waals surface area contributed by atoms with Gasteiger partial charge in [-0.2, -0.15) is 21.6 Å². The Balaban J connectivity index is 4.86. The average Bonchev–Trinajstić information content (AvgIpc) is 2.17. The molecule has 0 aliphatic rings. The summed E-state index contributed by atoms with van der Waals surface area (Å²) in [7, 11) is -6.36. The van der Waals surface area contributed by atoms with Crippen LogP contribution in [-0.4, -0.2) is 41.9 Å². The fraction of sp³-hybridized carbons (Fsp3) is 0.833. The second-order valence-corrected chi connectivity index (χ2v) is 12.5. The monoisotopic (exact) mass is 346 g/mol. The first-order chi connectivity index (χ1) is 9.06. The van der Waals surface area contributed by atoms with Crippen LogP contribution in [0.25, 0.3) is 0 Å². The molecule has 0 aromatic rings. The minimum Gasteiger partial charge on any atom is -0.406 e. The molecule has 0 N–H and O–H groups in total. The van der Waals surface area contributed by atoms with E-state index in [1.807, 2.05) is 33.9 Å². The summed E-state index contributed by atoms with van der Waals surface area (Å²) >= 11 is 0. The van der Waals surface area contributed by atoms with Gasteiger partial charge in [0.25, 0.3) is 10.1 Å². The smallest absolute Gasteiger partial charge is 0.406 e. The van der Waals surface area contributed by atoms with Crippen molar-refractivity contribution >= 4 is 18.4 Å². The van der Waals surface area contributed by atoms with Crippen LogP contribution in [0.1, 0.15) is 20.8 Å². The lowest BCUT2D eigenvalue weighted by molar-refractivity contribution is -0.175. The van der Waals surface area contributed by atoms with Gasteiger partial charge in [-0.15, -0.1) is 0 Å². The third kappa shape index (κ3) is 7.85. The van der Waals surface area contributed by atoms with Gasteiger partial charge in [-0.3, -0.25) is 0 Å². The highest BCUT2D eigenvalue weighted by Crippen LogP contribution is 2.36. The zero-order chi connectivity index (χ0) is 17.1. The first kappa shape index (κ1) is 20.4. The van der Waals surface area contributed by atoms with E-state index >= 15 is 0 Å². The minimum absolute atomic E-state index is 0.0959. The summed E-state index contributed by atoms with van der Waals surface area (Å²) in [5.41, 5.74) is 0. The van der Waals surface area contributed by atoms with Crippen molar-refractivity contribution in [2.45, 2.75) is 51.2 Å². The van der Waals surface area contributed by atoms with Gasteiger partial charge < -0.3 is 4.43 Å². The van der Waals surface area contributed by atoms with E-state index < -0.39 is 30.7 Å². The van der Waals surface area contributed by atoms with Crippen LogP contribution in [-0.2, 0) is 18.7 Å². The number of hydrogen-bond donors (Lipinski definition) is 0. The Morgan fingerprint density at radius 3 is 2.00 bits per heavy atom. The molecule has 124 valence electrons. The molecule has 0 bridgehead atoms. The number of alkyl halides is 3. The van der Waals surface area contributed by atoms with Crippen LogP contribution in [0, 0.1) is 11.8 Å². The third-order valence-corrected chi connectivity index (χ3v) is 8.13. The molecule has 9 heteroatoms. The second-order valence-electron chi connectivity index (χ2n) is 6.09. The Bertz CT molecular complexity index is 509. The third-order valence-electron chi connectivity index (χ3n) is 3.11. The van der Waals surface area contributed by atoms with E-state index in [1.165, 1.54) is 0 Å². The summed E-state index contributed by atoms with van der Waals surface area (Å²) < 4.78 is 68.8. The molecule has 0 aromatic carbocycles. The van der Waals surface area contributed by atoms with E-state index in [0.717, 1.165) is 0 Å². The predicted octanol–water partition coefficient (Wildman–Crippen LogP) is 2.92. The molecule has 0 heterocycles. The van der Waals surface area contributed by atoms with E-state index in [9.17, 15) is 21.6 Å². The van der Waals surface area contributed by atoms with Crippen molar-refractivity contribution < 1.29 is 30.2 Å². The van der Waals surface area contributed by atoms with Crippen LogP contribution in [0.15, 0.2) is 0 Å². The summed E-state index contributed by atoms with van der Waals surface area (Å²) in [5.74, 6) is 3.96. The molecule has 0 saturated carbocycles. The Kier molecular flexibility index (Phi) is 6.51. The molecule has 21 heavy (non-hydrogen) atoms. The summed E-state index contributed by atoms with van der Waals surface area (Å²) in [6, 6.07) is 0. The molecule has 0 amide bonds. The quantitative estimate of drug-likeness (QED) is 0.446. The van der Waals surface area contributed by atoms with Crippen LogP contribution >= 0.6 is 0 Å². The van der Waals surface area contributed by atoms with Gasteiger partial charge in [0, 0.05) is 0 Å². The van der Waals surface area contributed by atoms with Crippen LogP contribution in [0.2, 0.25) is 18.1 Å². The van der Waals surface area contributed by atoms with Gasteiger partial charge in [0.05, 0.1) is 12.9 Å². The predicted molar refractivity (Wildman–Crippen MR) is 76.7 cm³/mol. The number of rotatable bonds is 4. The molecule has 0 aromatic heterocycles. The van der Waals surface area contributed by atoms with Crippen LogP contribution in [0.3, 0.4) is 0 Å². The van der Waals surface area contributed by atoms with Crippen molar-refractivity contribution in [3.8, 4) is 11.8 Å². The highest BCUT2D eigenvalue weighted by molar-refractivity contribution is 7.86. The lowest BCUT2D eigenvalue weighted by Crippen LogP contribution is -2.40. The maximum atomic E-state index is 12.6. The maximum Gasteiger partial charge on any atom is 0.427 e. The van der Waals surface area contributed by atoms with Crippen LogP contribution in [0.4, 0.5) is 13.2 Å². The van der Waals surface area contributed by atoms with E-state index in [4.69, 9.17) is 4.43 Å². The van der Waals surface area contributed by atoms with Crippen LogP contribution < -0.4 is 0 Å². The molecular weight excluding hydrogens is 325 g/mol. The standard InChI is InChI=1S/C12H21F3O4SSi/c1-11(2,3)21(5,6)18-9-7-8-10(12(13,14)15)19-20(4,16)17/h10H,9H2,1-6H3. The SMILES string of the molecule is CC(C)(C)[Si](C)(C)OCC#CC(OS(C)(=O)=O)C(F)(F)F. The van der Waals surface area contributed by atoms with Gasteiger partial charge in [0.15, 0.2) is 8.32 Å². The molecule has 0 aliphatic carbocycles. The molecule has 1 unspecified atom stereocenters.